The number of nitrogens with two attached hydrogens (primary N) is 3. The predicted molar refractivity (Wildman–Crippen MR) is 303 cm³/mol. The summed E-state index contributed by atoms with van der Waals surface area (Å²) in [5.74, 6) is -8.37. The third kappa shape index (κ3) is 19.6. The van der Waals surface area contributed by atoms with Gasteiger partial charge in [-0.2, -0.15) is 0 Å². The van der Waals surface area contributed by atoms with Crippen LogP contribution in [-0.2, 0) is 73.6 Å². The number of para-hydroxylation sites is 1. The van der Waals surface area contributed by atoms with Crippen molar-refractivity contribution in [3.63, 3.8) is 0 Å². The molecular weight excluding hydrogens is 1060 g/mol. The molecule has 25 nitrogen and oxygen atoms in total. The van der Waals surface area contributed by atoms with Crippen molar-refractivity contribution >= 4 is 70.0 Å². The van der Waals surface area contributed by atoms with Gasteiger partial charge in [-0.25, -0.2) is 4.98 Å². The second-order valence-electron chi connectivity index (χ2n) is 20.6. The van der Waals surface area contributed by atoms with E-state index in [9.17, 15) is 53.1 Å². The van der Waals surface area contributed by atoms with Crippen molar-refractivity contribution in [3.8, 4) is 5.75 Å². The van der Waals surface area contributed by atoms with Crippen LogP contribution in [0.5, 0.6) is 5.75 Å². The number of H-pyrrole nitrogens is 2. The van der Waals surface area contributed by atoms with Crippen LogP contribution in [0.1, 0.15) is 89.1 Å². The second-order valence-corrected chi connectivity index (χ2v) is 20.6. The van der Waals surface area contributed by atoms with E-state index in [1.807, 2.05) is 25.1 Å². The molecule has 5 rings (SSSR count). The molecule has 3 aromatic carbocycles. The third-order valence-corrected chi connectivity index (χ3v) is 13.6. The van der Waals surface area contributed by atoms with Gasteiger partial charge in [0.15, 0.2) is 0 Å². The number of benzene rings is 3. The Balaban J connectivity index is 1.27. The van der Waals surface area contributed by atoms with Gasteiger partial charge in [-0.15, -0.1) is 0 Å². The zero-order valence-electron chi connectivity index (χ0n) is 46.6. The lowest BCUT2D eigenvalue weighted by molar-refractivity contribution is -0.136. The van der Waals surface area contributed by atoms with Crippen LogP contribution in [0.25, 0.3) is 10.9 Å². The number of amides is 10. The first-order valence-electron chi connectivity index (χ1n) is 27.1. The summed E-state index contributed by atoms with van der Waals surface area (Å²) in [4.78, 5) is 146. The third-order valence-electron chi connectivity index (χ3n) is 13.6. The Morgan fingerprint density at radius 3 is 1.70 bits per heavy atom. The number of phenolic OH excluding ortho intramolecular Hbond substituents is 1. The molecule has 2 aromatic heterocycles. The minimum atomic E-state index is -1.39. The lowest BCUT2D eigenvalue weighted by Crippen LogP contribution is -2.61. The Labute approximate surface area is 474 Å². The van der Waals surface area contributed by atoms with Gasteiger partial charge < -0.3 is 74.8 Å². The van der Waals surface area contributed by atoms with E-state index in [4.69, 9.17) is 17.2 Å². The molecule has 17 N–H and O–H groups in total. The number of unbranched alkanes of at least 4 members (excludes halogenated alkanes) is 1. The van der Waals surface area contributed by atoms with Gasteiger partial charge in [0.2, 0.25) is 59.1 Å². The van der Waals surface area contributed by atoms with E-state index in [0.717, 1.165) is 17.3 Å². The summed E-state index contributed by atoms with van der Waals surface area (Å²) in [6, 6.07) is 10.7. The van der Waals surface area contributed by atoms with E-state index in [1.54, 1.807) is 68.6 Å². The molecular formula is C57H76N14O11. The average Bonchev–Trinajstić information content (AvgIpc) is 4.22. The van der Waals surface area contributed by atoms with E-state index in [2.05, 4.69) is 57.5 Å². The number of primary amides is 2. The molecule has 25 heteroatoms. The molecule has 0 spiro atoms. The number of rotatable bonds is 32. The molecule has 0 unspecified atom stereocenters. The Hall–Kier alpha value is -9.13. The number of phenols is 1. The summed E-state index contributed by atoms with van der Waals surface area (Å²) in [6.45, 7) is 7.92. The maximum absolute atomic E-state index is 14.3. The molecule has 0 aliphatic carbocycles. The Bertz CT molecular complexity index is 2990. The number of aromatic nitrogens is 3. The maximum Gasteiger partial charge on any atom is 0.243 e. The summed E-state index contributed by atoms with van der Waals surface area (Å²) in [5.41, 5.74) is 20.4. The number of carbonyl (C=O) groups excluding carboxylic acids is 10. The molecule has 0 saturated carbocycles. The van der Waals surface area contributed by atoms with Crippen LogP contribution >= 0.6 is 0 Å². The fourth-order valence-electron chi connectivity index (χ4n) is 8.80. The van der Waals surface area contributed by atoms with E-state index in [0.29, 0.717) is 28.8 Å². The number of aromatic hydroxyl groups is 1. The minimum Gasteiger partial charge on any atom is -0.508 e. The molecule has 0 aliphatic rings. The molecule has 82 heavy (non-hydrogen) atoms. The number of carbonyl (C=O) groups is 10. The number of nitrogens with one attached hydrogen (secondary N) is 10. The summed E-state index contributed by atoms with van der Waals surface area (Å²) in [6.07, 6.45) is 5.35. The number of hydrogen-bond acceptors (Lipinski definition) is 13. The fraction of sp³-hybridized carbons (Fsp3) is 0.421. The van der Waals surface area contributed by atoms with Crippen molar-refractivity contribution < 1.29 is 53.1 Å². The Kier molecular flexibility index (Phi) is 24.1. The van der Waals surface area contributed by atoms with Crippen molar-refractivity contribution in [1.82, 2.24) is 57.5 Å². The molecule has 0 aliphatic heterocycles. The standard InChI is InChI=1S/C57H76N14O11/c1-6-7-16-42(49(60)74)66-55(80)44(25-34-13-9-8-10-14-34)69-56(81)46(27-37-29-61-30-63-37)68-50(75)32(4)65-57(82)48(31(2)3)71-51(76)33(5)64-54(79)45(26-36-28-62-41-17-12-11-15-39(36)41)70-53(78)43(22-23-47(59)73)67-52(77)40(58)24-35-18-20-38(72)21-19-35/h8-15,17-21,28-33,40,42-46,48,62,72H,6-7,16,22-27,58H2,1-5H3,(H2,59,73)(H2,60,74)(H,61,63)(H,64,79)(H,65,82)(H,66,80)(H,67,77)(H,68,75)(H,69,81)(H,70,78)(H,71,76)/t32-,33-,40+,42-,43-,44-,45-,46-,48-/m0/s1. The van der Waals surface area contributed by atoms with E-state index >= 15 is 0 Å². The SMILES string of the molecule is CCCC[C@H](NC(=O)[C@H](Cc1ccccc1)NC(=O)[C@H](Cc1cnc[nH]1)NC(=O)[C@H](C)NC(=O)[C@@H](NC(=O)[C@H](C)NC(=O)[C@H](Cc1c[nH]c2ccccc12)NC(=O)[C@H](CCC(N)=O)NC(=O)[C@H](N)Cc1ccc(O)cc1)C(C)C)C(N)=O. The lowest BCUT2D eigenvalue weighted by atomic mass is 10.0. The van der Waals surface area contributed by atoms with Crippen molar-refractivity contribution in [2.24, 2.45) is 23.1 Å². The van der Waals surface area contributed by atoms with Gasteiger partial charge in [0, 0.05) is 54.7 Å². The topological polar surface area (TPSA) is 410 Å². The molecule has 440 valence electrons. The van der Waals surface area contributed by atoms with E-state index < -0.39 is 119 Å². The van der Waals surface area contributed by atoms with Gasteiger partial charge in [0.25, 0.3) is 0 Å². The molecule has 9 atom stereocenters. The minimum absolute atomic E-state index is 0.0126. The van der Waals surface area contributed by atoms with Gasteiger partial charge in [0.05, 0.1) is 12.4 Å². The van der Waals surface area contributed by atoms with Gasteiger partial charge >= 0.3 is 0 Å². The van der Waals surface area contributed by atoms with E-state index in [1.165, 1.54) is 38.5 Å². The molecule has 10 amide bonds. The number of hydrogen-bond donors (Lipinski definition) is 14. The molecule has 0 radical (unpaired) electrons. The first-order chi connectivity index (χ1) is 39.0. The van der Waals surface area contributed by atoms with Crippen LogP contribution in [0.3, 0.4) is 0 Å². The number of fused-ring (bicyclic) bond motifs is 1. The fourth-order valence-corrected chi connectivity index (χ4v) is 8.80. The average molecular weight is 1130 g/mol. The highest BCUT2D eigenvalue weighted by atomic mass is 16.3. The monoisotopic (exact) mass is 1130 g/mol. The number of aromatic amines is 2. The van der Waals surface area contributed by atoms with Gasteiger partial charge in [-0.3, -0.25) is 47.9 Å². The largest absolute Gasteiger partial charge is 0.508 e. The zero-order chi connectivity index (χ0) is 60.0. The lowest BCUT2D eigenvalue weighted by Gasteiger charge is -2.28. The van der Waals surface area contributed by atoms with Crippen molar-refractivity contribution in [3.05, 3.63) is 120 Å². The summed E-state index contributed by atoms with van der Waals surface area (Å²) in [5, 5.41) is 31.5. The molecule has 5 aromatic rings. The predicted octanol–water partition coefficient (Wildman–Crippen LogP) is -0.290. The van der Waals surface area contributed by atoms with Crippen molar-refractivity contribution in [2.75, 3.05) is 0 Å². The quantitative estimate of drug-likeness (QED) is 0.0264. The highest BCUT2D eigenvalue weighted by Crippen LogP contribution is 2.20. The summed E-state index contributed by atoms with van der Waals surface area (Å²) >= 11 is 0. The van der Waals surface area contributed by atoms with Crippen LogP contribution in [0.15, 0.2) is 97.6 Å². The van der Waals surface area contributed by atoms with Gasteiger partial charge in [0.1, 0.15) is 54.1 Å². The molecule has 0 fully saturated rings. The zero-order valence-corrected chi connectivity index (χ0v) is 46.6. The highest BCUT2D eigenvalue weighted by molar-refractivity contribution is 5.98. The number of nitrogens with zero attached hydrogens (tertiary/aromatic N) is 1. The van der Waals surface area contributed by atoms with Crippen LogP contribution in [0.2, 0.25) is 0 Å². The first kappa shape index (κ1) is 63.7. The highest BCUT2D eigenvalue weighted by Gasteiger charge is 2.35. The summed E-state index contributed by atoms with van der Waals surface area (Å²) < 4.78 is 0. The van der Waals surface area contributed by atoms with Gasteiger partial charge in [-0.05, 0) is 73.9 Å². The maximum atomic E-state index is 14.3. The Morgan fingerprint density at radius 1 is 0.549 bits per heavy atom. The van der Waals surface area contributed by atoms with Gasteiger partial charge in [-0.1, -0.05) is 94.3 Å². The van der Waals surface area contributed by atoms with Crippen LogP contribution < -0.4 is 59.7 Å². The normalized spacial score (nSPS) is 14.5. The van der Waals surface area contributed by atoms with Crippen LogP contribution in [0.4, 0.5) is 0 Å². The summed E-state index contributed by atoms with van der Waals surface area (Å²) in [7, 11) is 0. The Morgan fingerprint density at radius 2 is 1.09 bits per heavy atom. The van der Waals surface area contributed by atoms with E-state index in [-0.39, 0.29) is 50.7 Å². The first-order valence-corrected chi connectivity index (χ1v) is 27.1. The van der Waals surface area contributed by atoms with Crippen molar-refractivity contribution in [1.29, 1.82) is 0 Å². The number of imidazole rings is 1. The molecule has 2 heterocycles. The van der Waals surface area contributed by atoms with Crippen LogP contribution in [0, 0.1) is 5.92 Å². The van der Waals surface area contributed by atoms with Crippen LogP contribution in [-0.4, -0.2) is 134 Å². The molecule has 0 saturated heterocycles. The smallest absolute Gasteiger partial charge is 0.243 e. The second kappa shape index (κ2) is 31.0. The van der Waals surface area contributed by atoms with Crippen molar-refractivity contribution in [2.45, 2.75) is 147 Å². The molecule has 0 bridgehead atoms.